The molecule has 0 radical (unpaired) electrons. The number of nitrogens with zero attached hydrogens (tertiary/aromatic N) is 4. The first kappa shape index (κ1) is 19.1. The number of halogens is 2. The Bertz CT molecular complexity index is 859. The number of hydrogen-bond donors (Lipinski definition) is 1. The summed E-state index contributed by atoms with van der Waals surface area (Å²) in [6, 6.07) is 4.74. The van der Waals surface area contributed by atoms with Crippen molar-refractivity contribution in [1.29, 1.82) is 0 Å². The van der Waals surface area contributed by atoms with E-state index in [0.29, 0.717) is 44.0 Å². The summed E-state index contributed by atoms with van der Waals surface area (Å²) in [6.07, 6.45) is 6.22. The van der Waals surface area contributed by atoms with Gasteiger partial charge in [-0.15, -0.1) is 0 Å². The molecule has 1 unspecified atom stereocenters. The molecule has 2 fully saturated rings. The van der Waals surface area contributed by atoms with Gasteiger partial charge in [0.05, 0.1) is 16.7 Å². The predicted octanol–water partition coefficient (Wildman–Crippen LogP) is 2.76. The average Bonchev–Trinajstić information content (AvgIpc) is 2.69. The lowest BCUT2D eigenvalue weighted by atomic mass is 9.71. The number of carbonyl (C=O) groups excluding carboxylic acids is 1. The summed E-state index contributed by atoms with van der Waals surface area (Å²) in [7, 11) is 0. The summed E-state index contributed by atoms with van der Waals surface area (Å²) < 4.78 is 14.2. The van der Waals surface area contributed by atoms with Gasteiger partial charge in [-0.25, -0.2) is 9.37 Å². The zero-order chi connectivity index (χ0) is 19.7. The van der Waals surface area contributed by atoms with Gasteiger partial charge in [-0.05, 0) is 42.9 Å². The Balaban J connectivity index is 1.47. The lowest BCUT2D eigenvalue weighted by Gasteiger charge is -2.49. The summed E-state index contributed by atoms with van der Waals surface area (Å²) in [5.74, 6) is -0.238. The lowest BCUT2D eigenvalue weighted by Crippen LogP contribution is -2.55. The van der Waals surface area contributed by atoms with Crippen LogP contribution in [0.4, 0.5) is 10.2 Å². The number of rotatable bonds is 2. The van der Waals surface area contributed by atoms with Crippen molar-refractivity contribution in [2.24, 2.45) is 5.41 Å². The summed E-state index contributed by atoms with van der Waals surface area (Å²) >= 11 is 5.79. The van der Waals surface area contributed by atoms with Gasteiger partial charge in [0.25, 0.3) is 5.91 Å². The van der Waals surface area contributed by atoms with Crippen molar-refractivity contribution in [3.05, 3.63) is 53.2 Å². The van der Waals surface area contributed by atoms with Crippen molar-refractivity contribution in [1.82, 2.24) is 14.9 Å². The molecule has 0 saturated carbocycles. The van der Waals surface area contributed by atoms with E-state index in [9.17, 15) is 14.3 Å². The van der Waals surface area contributed by atoms with Gasteiger partial charge in [-0.1, -0.05) is 11.6 Å². The van der Waals surface area contributed by atoms with Crippen LogP contribution in [-0.4, -0.2) is 58.2 Å². The molecule has 2 aliphatic heterocycles. The van der Waals surface area contributed by atoms with Gasteiger partial charge in [-0.2, -0.15) is 0 Å². The van der Waals surface area contributed by atoms with Gasteiger partial charge in [0.15, 0.2) is 11.6 Å². The Morgan fingerprint density at radius 2 is 2.11 bits per heavy atom. The van der Waals surface area contributed by atoms with E-state index in [0.717, 1.165) is 12.8 Å². The third-order valence-electron chi connectivity index (χ3n) is 5.73. The quantitative estimate of drug-likeness (QED) is 0.833. The van der Waals surface area contributed by atoms with Gasteiger partial charge in [0.2, 0.25) is 0 Å². The van der Waals surface area contributed by atoms with Crippen LogP contribution < -0.4 is 4.90 Å². The minimum Gasteiger partial charge on any atom is -0.391 e. The highest BCUT2D eigenvalue weighted by atomic mass is 35.5. The van der Waals surface area contributed by atoms with Crippen molar-refractivity contribution in [3.8, 4) is 0 Å². The predicted molar refractivity (Wildman–Crippen MR) is 104 cm³/mol. The zero-order valence-corrected chi connectivity index (χ0v) is 16.1. The number of pyridine rings is 2. The molecule has 1 N–H and O–H groups in total. The molecule has 0 aromatic carbocycles. The van der Waals surface area contributed by atoms with E-state index in [2.05, 4.69) is 9.97 Å². The number of aromatic nitrogens is 2. The monoisotopic (exact) mass is 404 g/mol. The molecule has 4 heterocycles. The Morgan fingerprint density at radius 3 is 2.79 bits per heavy atom. The van der Waals surface area contributed by atoms with Crippen LogP contribution in [-0.2, 0) is 0 Å². The van der Waals surface area contributed by atoms with Crippen molar-refractivity contribution in [2.75, 3.05) is 31.1 Å². The van der Waals surface area contributed by atoms with Gasteiger partial charge in [-0.3, -0.25) is 9.78 Å². The first-order valence-electron chi connectivity index (χ1n) is 9.39. The molecule has 2 aliphatic rings. The first-order chi connectivity index (χ1) is 13.5. The van der Waals surface area contributed by atoms with E-state index in [4.69, 9.17) is 11.6 Å². The SMILES string of the molecule is O=C(c1cccnc1)N1CC(O)CC2(CCN(c3ncc(Cl)cc3F)CC2)C1. The normalized spacial score (nSPS) is 21.8. The molecule has 6 nitrogen and oxygen atoms in total. The van der Waals surface area contributed by atoms with Crippen LogP contribution in [0.25, 0.3) is 0 Å². The van der Waals surface area contributed by atoms with E-state index >= 15 is 0 Å². The second kappa shape index (κ2) is 7.64. The third-order valence-corrected chi connectivity index (χ3v) is 5.94. The van der Waals surface area contributed by atoms with E-state index in [-0.39, 0.29) is 16.3 Å². The molecule has 8 heteroatoms. The number of anilines is 1. The number of piperidine rings is 2. The molecule has 1 spiro atoms. The standard InChI is InChI=1S/C20H22ClFN4O2/c21-15-8-17(22)18(24-11-15)25-6-3-20(4-7-25)9-16(27)12-26(13-20)19(28)14-2-1-5-23-10-14/h1-2,5,8,10-11,16,27H,3-4,6-7,9,12-13H2. The van der Waals surface area contributed by atoms with E-state index in [1.54, 1.807) is 29.4 Å². The van der Waals surface area contributed by atoms with Crippen LogP contribution in [0.2, 0.25) is 5.02 Å². The van der Waals surface area contributed by atoms with Crippen LogP contribution in [0.15, 0.2) is 36.8 Å². The maximum atomic E-state index is 14.2. The minimum atomic E-state index is -0.564. The smallest absolute Gasteiger partial charge is 0.255 e. The van der Waals surface area contributed by atoms with E-state index in [1.807, 2.05) is 4.90 Å². The third kappa shape index (κ3) is 3.82. The second-order valence-corrected chi connectivity index (χ2v) is 8.17. The summed E-state index contributed by atoms with van der Waals surface area (Å²) in [4.78, 5) is 24.6. The first-order valence-corrected chi connectivity index (χ1v) is 9.77. The summed E-state index contributed by atoms with van der Waals surface area (Å²) in [6.45, 7) is 2.15. The minimum absolute atomic E-state index is 0.112. The largest absolute Gasteiger partial charge is 0.391 e. The summed E-state index contributed by atoms with van der Waals surface area (Å²) in [5.41, 5.74) is 0.353. The molecule has 1 amide bonds. The number of aliphatic hydroxyl groups excluding tert-OH is 1. The fourth-order valence-electron chi connectivity index (χ4n) is 4.37. The topological polar surface area (TPSA) is 69.6 Å². The van der Waals surface area contributed by atoms with Gasteiger partial charge in [0.1, 0.15) is 0 Å². The van der Waals surface area contributed by atoms with Crippen molar-refractivity contribution in [2.45, 2.75) is 25.4 Å². The highest BCUT2D eigenvalue weighted by Crippen LogP contribution is 2.41. The number of hydrogen-bond acceptors (Lipinski definition) is 5. The van der Waals surface area contributed by atoms with Crippen molar-refractivity contribution < 1.29 is 14.3 Å². The fourth-order valence-corrected chi connectivity index (χ4v) is 4.52. The Labute approximate surface area is 168 Å². The Morgan fingerprint density at radius 1 is 1.32 bits per heavy atom. The maximum Gasteiger partial charge on any atom is 0.255 e. The number of likely N-dealkylation sites (tertiary alicyclic amines) is 1. The van der Waals surface area contributed by atoms with E-state index < -0.39 is 11.9 Å². The van der Waals surface area contributed by atoms with Gasteiger partial charge in [0, 0.05) is 44.8 Å². The Kier molecular flexibility index (Phi) is 5.21. The fraction of sp³-hybridized carbons (Fsp3) is 0.450. The van der Waals surface area contributed by atoms with Crippen molar-refractivity contribution >= 4 is 23.3 Å². The number of β-amino-alcohol motifs (C(OH)–C–C–N with tert-alkyl or cyclic N) is 1. The van der Waals surface area contributed by atoms with Gasteiger partial charge < -0.3 is 14.9 Å². The van der Waals surface area contributed by atoms with Crippen molar-refractivity contribution in [3.63, 3.8) is 0 Å². The van der Waals surface area contributed by atoms with E-state index in [1.165, 1.54) is 12.3 Å². The van der Waals surface area contributed by atoms with Crippen LogP contribution in [0, 0.1) is 11.2 Å². The van der Waals surface area contributed by atoms with Crippen LogP contribution in [0.1, 0.15) is 29.6 Å². The van der Waals surface area contributed by atoms with Crippen LogP contribution in [0.3, 0.4) is 0 Å². The molecule has 2 aromatic heterocycles. The summed E-state index contributed by atoms with van der Waals surface area (Å²) in [5, 5.41) is 10.7. The molecule has 0 aliphatic carbocycles. The Hall–Kier alpha value is -2.25. The molecule has 2 saturated heterocycles. The highest BCUT2D eigenvalue weighted by Gasteiger charge is 2.43. The molecular formula is C20H22ClFN4O2. The zero-order valence-electron chi connectivity index (χ0n) is 15.4. The molecule has 148 valence electrons. The molecule has 28 heavy (non-hydrogen) atoms. The van der Waals surface area contributed by atoms with Crippen LogP contribution >= 0.6 is 11.6 Å². The number of aliphatic hydroxyl groups is 1. The average molecular weight is 405 g/mol. The maximum absolute atomic E-state index is 14.2. The molecular weight excluding hydrogens is 383 g/mol. The van der Waals surface area contributed by atoms with Gasteiger partial charge >= 0.3 is 0 Å². The van der Waals surface area contributed by atoms with Crippen LogP contribution in [0.5, 0.6) is 0 Å². The number of amides is 1. The second-order valence-electron chi connectivity index (χ2n) is 7.73. The molecule has 0 bridgehead atoms. The highest BCUT2D eigenvalue weighted by molar-refractivity contribution is 6.30. The lowest BCUT2D eigenvalue weighted by molar-refractivity contribution is -0.0151. The number of carbonyl (C=O) groups is 1. The molecule has 2 aromatic rings. The molecule has 1 atom stereocenters. The molecule has 4 rings (SSSR count).